The van der Waals surface area contributed by atoms with Crippen LogP contribution in [0.3, 0.4) is 0 Å². The van der Waals surface area contributed by atoms with Gasteiger partial charge in [-0.25, -0.2) is 9.69 Å². The van der Waals surface area contributed by atoms with Gasteiger partial charge in [-0.1, -0.05) is 17.7 Å². The summed E-state index contributed by atoms with van der Waals surface area (Å²) in [6.45, 7) is 0.722. The molecular formula is C25H16ClNO7. The molecule has 0 radical (unpaired) electrons. The van der Waals surface area contributed by atoms with Crippen LogP contribution in [0.4, 0.5) is 5.69 Å². The van der Waals surface area contributed by atoms with Gasteiger partial charge in [-0.2, -0.15) is 0 Å². The first-order valence-electron chi connectivity index (χ1n) is 10.0. The zero-order valence-electron chi connectivity index (χ0n) is 17.7. The molecule has 0 atom stereocenters. The number of benzene rings is 3. The number of carbonyl (C=O) groups is 5. The number of imide groups is 1. The van der Waals surface area contributed by atoms with Crippen molar-refractivity contribution in [3.8, 4) is 5.75 Å². The number of carbonyl (C=O) groups excluding carboxylic acids is 5. The van der Waals surface area contributed by atoms with Crippen LogP contribution < -0.4 is 9.64 Å². The summed E-state index contributed by atoms with van der Waals surface area (Å²) in [4.78, 5) is 62.3. The summed E-state index contributed by atoms with van der Waals surface area (Å²) < 4.78 is 9.99. The molecule has 0 aromatic heterocycles. The molecule has 8 nitrogen and oxygen atoms in total. The number of hydrogen-bond acceptors (Lipinski definition) is 7. The van der Waals surface area contributed by atoms with Gasteiger partial charge in [0.1, 0.15) is 5.75 Å². The van der Waals surface area contributed by atoms with E-state index in [1.54, 1.807) is 18.2 Å². The second-order valence-corrected chi connectivity index (χ2v) is 7.74. The van der Waals surface area contributed by atoms with Crippen LogP contribution in [0.1, 0.15) is 48.4 Å². The van der Waals surface area contributed by atoms with Crippen LogP contribution in [0.25, 0.3) is 0 Å². The first-order chi connectivity index (χ1) is 16.2. The van der Waals surface area contributed by atoms with Gasteiger partial charge < -0.3 is 9.47 Å². The van der Waals surface area contributed by atoms with Gasteiger partial charge in [-0.15, -0.1) is 0 Å². The van der Waals surface area contributed by atoms with Crippen molar-refractivity contribution in [2.45, 2.75) is 6.92 Å². The van der Waals surface area contributed by atoms with E-state index in [0.29, 0.717) is 10.7 Å². The third kappa shape index (κ3) is 4.57. The van der Waals surface area contributed by atoms with E-state index in [1.165, 1.54) is 55.5 Å². The lowest BCUT2D eigenvalue weighted by molar-refractivity contribution is -0.131. The molecule has 0 spiro atoms. The molecule has 34 heavy (non-hydrogen) atoms. The maximum Gasteiger partial charge on any atom is 0.338 e. The molecular weight excluding hydrogens is 462 g/mol. The number of rotatable bonds is 6. The zero-order chi connectivity index (χ0) is 24.4. The van der Waals surface area contributed by atoms with Crippen LogP contribution >= 0.6 is 11.6 Å². The molecule has 9 heteroatoms. The fourth-order valence-electron chi connectivity index (χ4n) is 3.39. The van der Waals surface area contributed by atoms with Gasteiger partial charge in [0.15, 0.2) is 12.4 Å². The maximum atomic E-state index is 12.9. The Morgan fingerprint density at radius 2 is 1.53 bits per heavy atom. The Hall–Kier alpha value is -4.30. The summed E-state index contributed by atoms with van der Waals surface area (Å²) in [6, 6.07) is 16.1. The van der Waals surface area contributed by atoms with Crippen LogP contribution in [0.15, 0.2) is 66.7 Å². The standard InChI is InChI=1S/C25H16ClNO7/c1-14(28)34-19-8-5-15(6-9-19)22(29)13-33-25(32)16-7-10-20-21(11-16)24(31)27(23(20)30)18-4-2-3-17(26)12-18/h2-12H,13H2,1H3. The summed E-state index contributed by atoms with van der Waals surface area (Å²) in [6.07, 6.45) is 0. The summed E-state index contributed by atoms with van der Waals surface area (Å²) in [5.74, 6) is -2.63. The highest BCUT2D eigenvalue weighted by Crippen LogP contribution is 2.30. The number of ether oxygens (including phenoxy) is 2. The number of amides is 2. The molecule has 0 N–H and O–H groups in total. The molecule has 0 bridgehead atoms. The van der Waals surface area contributed by atoms with E-state index in [2.05, 4.69) is 0 Å². The highest BCUT2D eigenvalue weighted by molar-refractivity contribution is 6.35. The average Bonchev–Trinajstić information content (AvgIpc) is 3.06. The predicted octanol–water partition coefficient (Wildman–Crippen LogP) is 4.11. The number of nitrogens with zero attached hydrogens (tertiary/aromatic N) is 1. The molecule has 1 aliphatic rings. The van der Waals surface area contributed by atoms with E-state index in [0.717, 1.165) is 4.90 Å². The summed E-state index contributed by atoms with van der Waals surface area (Å²) in [5, 5.41) is 0.365. The van der Waals surface area contributed by atoms with Crippen LogP contribution in [0.5, 0.6) is 5.75 Å². The van der Waals surface area contributed by atoms with Crippen molar-refractivity contribution in [2.75, 3.05) is 11.5 Å². The van der Waals surface area contributed by atoms with E-state index < -0.39 is 36.1 Å². The Morgan fingerprint density at radius 3 is 2.21 bits per heavy atom. The minimum atomic E-state index is -0.825. The van der Waals surface area contributed by atoms with E-state index >= 15 is 0 Å². The van der Waals surface area contributed by atoms with Crippen molar-refractivity contribution >= 4 is 46.8 Å². The third-order valence-electron chi connectivity index (χ3n) is 4.96. The van der Waals surface area contributed by atoms with Gasteiger partial charge in [0, 0.05) is 17.5 Å². The molecule has 0 saturated heterocycles. The Balaban J connectivity index is 1.45. The molecule has 0 saturated carbocycles. The first-order valence-corrected chi connectivity index (χ1v) is 10.4. The number of anilines is 1. The van der Waals surface area contributed by atoms with Gasteiger partial charge in [-0.05, 0) is 60.7 Å². The number of fused-ring (bicyclic) bond motifs is 1. The summed E-state index contributed by atoms with van der Waals surface area (Å²) in [7, 11) is 0. The Bertz CT molecular complexity index is 1350. The summed E-state index contributed by atoms with van der Waals surface area (Å²) >= 11 is 5.97. The number of halogens is 1. The number of Topliss-reactive ketones (excluding diaryl/α,β-unsaturated/α-hetero) is 1. The summed E-state index contributed by atoms with van der Waals surface area (Å²) in [5.41, 5.74) is 0.784. The van der Waals surface area contributed by atoms with Crippen LogP contribution in [-0.4, -0.2) is 36.1 Å². The normalized spacial score (nSPS) is 12.4. The lowest BCUT2D eigenvalue weighted by atomic mass is 10.1. The monoisotopic (exact) mass is 477 g/mol. The van der Waals surface area contributed by atoms with Crippen molar-refractivity contribution in [2.24, 2.45) is 0 Å². The number of esters is 2. The Morgan fingerprint density at radius 1 is 0.853 bits per heavy atom. The highest BCUT2D eigenvalue weighted by atomic mass is 35.5. The average molecular weight is 478 g/mol. The van der Waals surface area contributed by atoms with Gasteiger partial charge >= 0.3 is 11.9 Å². The van der Waals surface area contributed by atoms with Gasteiger partial charge in [0.2, 0.25) is 0 Å². The molecule has 0 aliphatic carbocycles. The van der Waals surface area contributed by atoms with E-state index in [9.17, 15) is 24.0 Å². The molecule has 0 unspecified atom stereocenters. The van der Waals surface area contributed by atoms with Crippen molar-refractivity contribution in [1.82, 2.24) is 0 Å². The zero-order valence-corrected chi connectivity index (χ0v) is 18.5. The molecule has 170 valence electrons. The van der Waals surface area contributed by atoms with Crippen molar-refractivity contribution in [1.29, 1.82) is 0 Å². The SMILES string of the molecule is CC(=O)Oc1ccc(C(=O)COC(=O)c2ccc3c(c2)C(=O)N(c2cccc(Cl)c2)C3=O)cc1. The minimum Gasteiger partial charge on any atom is -0.454 e. The number of hydrogen-bond donors (Lipinski definition) is 0. The van der Waals surface area contributed by atoms with Crippen LogP contribution in [0, 0.1) is 0 Å². The molecule has 1 aliphatic heterocycles. The van der Waals surface area contributed by atoms with Crippen LogP contribution in [-0.2, 0) is 9.53 Å². The van der Waals surface area contributed by atoms with E-state index in [-0.39, 0.29) is 28.0 Å². The predicted molar refractivity (Wildman–Crippen MR) is 121 cm³/mol. The van der Waals surface area contributed by atoms with Crippen molar-refractivity contribution in [3.63, 3.8) is 0 Å². The van der Waals surface area contributed by atoms with Gasteiger partial charge in [-0.3, -0.25) is 19.2 Å². The second-order valence-electron chi connectivity index (χ2n) is 7.30. The van der Waals surface area contributed by atoms with Crippen molar-refractivity contribution < 1.29 is 33.4 Å². The van der Waals surface area contributed by atoms with Gasteiger partial charge in [0.05, 0.1) is 22.4 Å². The molecule has 3 aromatic carbocycles. The topological polar surface area (TPSA) is 107 Å². The van der Waals surface area contributed by atoms with E-state index in [1.807, 2.05) is 0 Å². The fraction of sp³-hybridized carbons (Fsp3) is 0.0800. The second kappa shape index (κ2) is 9.29. The Kier molecular flexibility index (Phi) is 6.25. The third-order valence-corrected chi connectivity index (χ3v) is 5.20. The van der Waals surface area contributed by atoms with Crippen LogP contribution in [0.2, 0.25) is 5.02 Å². The minimum absolute atomic E-state index is 0.0193. The molecule has 4 rings (SSSR count). The number of ketones is 1. The Labute approximate surface area is 198 Å². The van der Waals surface area contributed by atoms with Crippen molar-refractivity contribution in [3.05, 3.63) is 94.0 Å². The molecule has 1 heterocycles. The maximum absolute atomic E-state index is 12.9. The lowest BCUT2D eigenvalue weighted by Gasteiger charge is -2.13. The molecule has 2 amide bonds. The smallest absolute Gasteiger partial charge is 0.338 e. The van der Waals surface area contributed by atoms with Gasteiger partial charge in [0.25, 0.3) is 11.8 Å². The highest BCUT2D eigenvalue weighted by Gasteiger charge is 2.37. The largest absolute Gasteiger partial charge is 0.454 e. The lowest BCUT2D eigenvalue weighted by Crippen LogP contribution is -2.29. The van der Waals surface area contributed by atoms with E-state index in [4.69, 9.17) is 21.1 Å². The quantitative estimate of drug-likeness (QED) is 0.227. The fourth-order valence-corrected chi connectivity index (χ4v) is 3.57. The first kappa shape index (κ1) is 22.9. The molecule has 0 fully saturated rings. The molecule has 3 aromatic rings.